The summed E-state index contributed by atoms with van der Waals surface area (Å²) in [5.41, 5.74) is 0.591. The number of para-hydroxylation sites is 5. The molecule has 11 nitrogen and oxygen atoms in total. The van der Waals surface area contributed by atoms with Crippen LogP contribution < -0.4 is 27.7 Å². The molecule has 0 amide bonds. The van der Waals surface area contributed by atoms with Gasteiger partial charge in [0.15, 0.2) is 0 Å². The second-order valence-electron chi connectivity index (χ2n) is 11.5. The number of hydrogen-bond donors (Lipinski definition) is 1. The van der Waals surface area contributed by atoms with Gasteiger partial charge in [-0.2, -0.15) is 0 Å². The van der Waals surface area contributed by atoms with Gasteiger partial charge in [-0.15, -0.1) is 9.03 Å². The van der Waals surface area contributed by atoms with Gasteiger partial charge in [0.2, 0.25) is 0 Å². The normalized spacial score (nSPS) is 17.2. The van der Waals surface area contributed by atoms with Gasteiger partial charge < -0.3 is 27.4 Å². The van der Waals surface area contributed by atoms with Crippen molar-refractivity contribution in [2.75, 3.05) is 6.61 Å². The van der Waals surface area contributed by atoms with Gasteiger partial charge in [0.05, 0.1) is 6.61 Å². The van der Waals surface area contributed by atoms with Crippen LogP contribution in [0.4, 0.5) is 0 Å². The smallest absolute Gasteiger partial charge is 0.459 e. The van der Waals surface area contributed by atoms with E-state index in [1.165, 1.54) is 0 Å². The third kappa shape index (κ3) is 9.32. The van der Waals surface area contributed by atoms with Crippen LogP contribution in [0.3, 0.4) is 0 Å². The summed E-state index contributed by atoms with van der Waals surface area (Å²) in [7, 11) is -12.0. The Morgan fingerprint density at radius 3 is 1.19 bits per heavy atom. The van der Waals surface area contributed by atoms with Crippen molar-refractivity contribution in [2.24, 2.45) is 13.5 Å². The Balaban J connectivity index is 1.57. The average molecular weight is 779 g/mol. The van der Waals surface area contributed by atoms with Crippen molar-refractivity contribution < 1.29 is 32.2 Å². The number of ether oxygens (including phenoxy) is 1. The van der Waals surface area contributed by atoms with E-state index in [1.807, 2.05) is 121 Å². The Morgan fingerprint density at radius 2 is 0.815 bits per heavy atom. The lowest BCUT2D eigenvalue weighted by Crippen LogP contribution is -2.30. The van der Waals surface area contributed by atoms with Crippen LogP contribution in [0.25, 0.3) is 0 Å². The first kappa shape index (κ1) is 36.8. The Kier molecular flexibility index (Phi) is 11.6. The molecule has 0 aromatic heterocycles. The molecule has 0 spiro atoms. The van der Waals surface area contributed by atoms with E-state index in [4.69, 9.17) is 40.9 Å². The fraction of sp³-hybridized carbons (Fsp3) is 0.0750. The van der Waals surface area contributed by atoms with E-state index in [0.717, 1.165) is 0 Å². The minimum absolute atomic E-state index is 0.134. The van der Waals surface area contributed by atoms with E-state index in [-0.39, 0.29) is 6.61 Å². The molecule has 274 valence electrons. The lowest BCUT2D eigenvalue weighted by molar-refractivity contribution is -0.145. The quantitative estimate of drug-likeness (QED) is 0.0808. The van der Waals surface area contributed by atoms with Gasteiger partial charge in [-0.3, -0.25) is 0 Å². The number of carbonyl (C=O) groups is 1. The largest absolute Gasteiger partial charge is 0.465 e. The average Bonchev–Trinajstić information content (AvgIpc) is 3.19. The summed E-state index contributed by atoms with van der Waals surface area (Å²) in [6.45, 7) is 1.88. The molecule has 14 heteroatoms. The lowest BCUT2D eigenvalue weighted by atomic mass is 10.1. The molecule has 7 rings (SSSR count). The number of nitrogens with zero attached hydrogens (tertiary/aromatic N) is 3. The van der Waals surface area contributed by atoms with Crippen LogP contribution in [0.5, 0.6) is 28.7 Å². The Morgan fingerprint density at radius 1 is 0.481 bits per heavy atom. The first-order valence-corrected chi connectivity index (χ1v) is 21.8. The van der Waals surface area contributed by atoms with E-state index < -0.39 is 34.9 Å². The number of esters is 1. The summed E-state index contributed by atoms with van der Waals surface area (Å²) in [5, 5.41) is 3.43. The standard InChI is InChI=1S/C40H37N4O7P3/c1-2-46-40(45)39(33-21-9-3-10-22-33)41-52(47-34-23-11-4-12-24-34)42-53(48-35-25-13-5-14-26-35,49-36-27-15-6-16-28-36)44-54(43-52,50-37-29-17-7-18-30-37)51-38-31-19-8-20-32-38/h3-32,39,41H,2H2,1H3. The summed E-state index contributed by atoms with van der Waals surface area (Å²) in [4.78, 5) is 14.0. The number of nitrogens with one attached hydrogen (secondary N) is 1. The predicted molar refractivity (Wildman–Crippen MR) is 212 cm³/mol. The maximum absolute atomic E-state index is 14.0. The zero-order valence-corrected chi connectivity index (χ0v) is 31.8. The maximum atomic E-state index is 14.0. The number of hydrogen-bond acceptors (Lipinski definition) is 11. The van der Waals surface area contributed by atoms with Gasteiger partial charge in [0, 0.05) is 0 Å². The predicted octanol–water partition coefficient (Wildman–Crippen LogP) is 12.1. The van der Waals surface area contributed by atoms with E-state index >= 15 is 0 Å². The van der Waals surface area contributed by atoms with Crippen LogP contribution in [0.2, 0.25) is 0 Å². The molecule has 0 saturated heterocycles. The molecular formula is C40H37N4O7P3. The molecule has 1 aliphatic rings. The molecule has 1 aliphatic heterocycles. The monoisotopic (exact) mass is 778 g/mol. The van der Waals surface area contributed by atoms with Gasteiger partial charge in [-0.1, -0.05) is 126 Å². The van der Waals surface area contributed by atoms with Gasteiger partial charge in [-0.05, 0) is 73.2 Å². The van der Waals surface area contributed by atoms with Crippen molar-refractivity contribution >= 4 is 28.9 Å². The van der Waals surface area contributed by atoms with Gasteiger partial charge in [0.1, 0.15) is 34.8 Å². The van der Waals surface area contributed by atoms with E-state index in [2.05, 4.69) is 5.09 Å². The van der Waals surface area contributed by atoms with Crippen LogP contribution >= 0.6 is 22.9 Å². The molecule has 54 heavy (non-hydrogen) atoms. The summed E-state index contributed by atoms with van der Waals surface area (Å²) in [5.74, 6) is 1.49. The Labute approximate surface area is 314 Å². The fourth-order valence-corrected chi connectivity index (χ4v) is 14.8. The van der Waals surface area contributed by atoms with Crippen molar-refractivity contribution in [1.29, 1.82) is 0 Å². The highest BCUT2D eigenvalue weighted by atomic mass is 31.3. The molecule has 0 saturated carbocycles. The fourth-order valence-electron chi connectivity index (χ4n) is 5.21. The van der Waals surface area contributed by atoms with E-state index in [0.29, 0.717) is 34.3 Å². The SMILES string of the molecule is CCOC(=O)C(NP1(Oc2ccccc2)=NP(Oc2ccccc2)(Oc2ccccc2)=NP(Oc2ccccc2)(Oc2ccccc2)=N1)c1ccccc1. The van der Waals surface area contributed by atoms with Crippen LogP contribution in [-0.4, -0.2) is 12.6 Å². The van der Waals surface area contributed by atoms with Crippen LogP contribution in [0.1, 0.15) is 18.5 Å². The highest BCUT2D eigenvalue weighted by Crippen LogP contribution is 2.77. The minimum Gasteiger partial charge on any atom is -0.465 e. The first-order chi connectivity index (χ1) is 26.5. The van der Waals surface area contributed by atoms with Crippen LogP contribution in [-0.2, 0) is 9.53 Å². The molecular weight excluding hydrogens is 741 g/mol. The molecule has 2 atom stereocenters. The summed E-state index contributed by atoms with van der Waals surface area (Å²) >= 11 is 0. The van der Waals surface area contributed by atoms with Crippen molar-refractivity contribution in [1.82, 2.24) is 5.09 Å². The van der Waals surface area contributed by atoms with Gasteiger partial charge >= 0.3 is 28.9 Å². The summed E-state index contributed by atoms with van der Waals surface area (Å²) in [6, 6.07) is 53.5. The molecule has 6 aromatic carbocycles. The third-order valence-corrected chi connectivity index (χ3v) is 15.9. The highest BCUT2D eigenvalue weighted by Gasteiger charge is 2.48. The number of rotatable bonds is 15. The van der Waals surface area contributed by atoms with Gasteiger partial charge in [0.25, 0.3) is 0 Å². The molecule has 1 heterocycles. The molecule has 0 radical (unpaired) electrons. The summed E-state index contributed by atoms with van der Waals surface area (Å²) < 4.78 is 55.6. The Hall–Kier alpha value is -5.56. The van der Waals surface area contributed by atoms with Crippen LogP contribution in [0.15, 0.2) is 196 Å². The summed E-state index contributed by atoms with van der Waals surface area (Å²) in [6.07, 6.45) is 0. The zero-order chi connectivity index (χ0) is 37.1. The number of carbonyl (C=O) groups excluding carboxylic acids is 1. The minimum atomic E-state index is -4.02. The lowest BCUT2D eigenvalue weighted by Gasteiger charge is -2.35. The van der Waals surface area contributed by atoms with Crippen molar-refractivity contribution in [3.63, 3.8) is 0 Å². The second-order valence-corrected chi connectivity index (χ2v) is 17.9. The highest BCUT2D eigenvalue weighted by molar-refractivity contribution is 7.79. The van der Waals surface area contributed by atoms with Crippen molar-refractivity contribution in [3.05, 3.63) is 188 Å². The van der Waals surface area contributed by atoms with Crippen molar-refractivity contribution in [2.45, 2.75) is 13.0 Å². The number of benzene rings is 6. The molecule has 1 N–H and O–H groups in total. The first-order valence-electron chi connectivity index (χ1n) is 17.1. The second kappa shape index (κ2) is 17.1. The topological polar surface area (TPSA) is 122 Å². The third-order valence-electron chi connectivity index (χ3n) is 7.49. The van der Waals surface area contributed by atoms with E-state index in [9.17, 15) is 4.79 Å². The van der Waals surface area contributed by atoms with Crippen LogP contribution in [0, 0.1) is 0 Å². The molecule has 0 bridgehead atoms. The molecule has 0 fully saturated rings. The maximum Gasteiger partial charge on any atom is 0.459 e. The van der Waals surface area contributed by atoms with Crippen molar-refractivity contribution in [3.8, 4) is 28.7 Å². The molecule has 6 aromatic rings. The van der Waals surface area contributed by atoms with E-state index in [1.54, 1.807) is 67.6 Å². The molecule has 0 aliphatic carbocycles. The van der Waals surface area contributed by atoms with Gasteiger partial charge in [-0.25, -0.2) is 9.88 Å². The zero-order valence-electron chi connectivity index (χ0n) is 29.1. The molecule has 2 unspecified atom stereocenters. The Bertz CT molecular complexity index is 2130.